The Balaban J connectivity index is 1.62. The maximum atomic E-state index is 11.7. The fourth-order valence-corrected chi connectivity index (χ4v) is 5.04. The van der Waals surface area contributed by atoms with Crippen LogP contribution in [-0.4, -0.2) is 56.9 Å². The molecule has 0 amide bonds. The van der Waals surface area contributed by atoms with Crippen LogP contribution in [-0.2, 0) is 10.0 Å². The van der Waals surface area contributed by atoms with E-state index in [-0.39, 0.29) is 5.92 Å². The minimum absolute atomic E-state index is 0.156. The van der Waals surface area contributed by atoms with E-state index in [1.807, 2.05) is 6.07 Å². The lowest BCUT2D eigenvalue weighted by atomic mass is 9.97. The molecule has 1 fully saturated rings. The van der Waals surface area contributed by atoms with Crippen molar-refractivity contribution in [3.63, 3.8) is 0 Å². The zero-order chi connectivity index (χ0) is 17.6. The van der Waals surface area contributed by atoms with Crippen LogP contribution >= 0.6 is 27.3 Å². The maximum absolute atomic E-state index is 11.7. The molecule has 1 aliphatic heterocycles. The molecule has 0 aliphatic carbocycles. The molecule has 0 aromatic carbocycles. The van der Waals surface area contributed by atoms with Gasteiger partial charge in [0.25, 0.3) is 0 Å². The molecule has 0 N–H and O–H groups in total. The van der Waals surface area contributed by atoms with Crippen LogP contribution in [0.5, 0.6) is 0 Å². The van der Waals surface area contributed by atoms with Gasteiger partial charge < -0.3 is 0 Å². The minimum atomic E-state index is -3.13. The van der Waals surface area contributed by atoms with Gasteiger partial charge >= 0.3 is 0 Å². The van der Waals surface area contributed by atoms with Crippen LogP contribution < -0.4 is 0 Å². The average Bonchev–Trinajstić information content (AvgIpc) is 3.14. The fourth-order valence-electron chi connectivity index (χ4n) is 2.98. The summed E-state index contributed by atoms with van der Waals surface area (Å²) in [6.07, 6.45) is 6.19. The van der Waals surface area contributed by atoms with Crippen molar-refractivity contribution in [3.05, 3.63) is 28.8 Å². The molecule has 0 bridgehead atoms. The van der Waals surface area contributed by atoms with Crippen LogP contribution in [0.15, 0.2) is 22.9 Å². The second kappa shape index (κ2) is 6.38. The summed E-state index contributed by atoms with van der Waals surface area (Å²) in [6, 6.07) is 1.96. The molecule has 4 rings (SSSR count). The lowest BCUT2D eigenvalue weighted by molar-refractivity contribution is 0.313. The summed E-state index contributed by atoms with van der Waals surface area (Å²) in [5, 5.41) is 14.0. The van der Waals surface area contributed by atoms with E-state index in [2.05, 4.69) is 36.2 Å². The van der Waals surface area contributed by atoms with Crippen LogP contribution in [0.2, 0.25) is 0 Å². The Kier molecular flexibility index (Phi) is 4.34. The zero-order valence-corrected chi connectivity index (χ0v) is 16.6. The number of sulfonamides is 1. The third-order valence-electron chi connectivity index (χ3n) is 4.25. The van der Waals surface area contributed by atoms with E-state index in [4.69, 9.17) is 0 Å². The third-order valence-corrected chi connectivity index (χ3v) is 6.94. The first-order valence-electron chi connectivity index (χ1n) is 7.70. The molecule has 0 spiro atoms. The SMILES string of the molecule is CS(=O)(=O)N1CCC(c2nnc3sc(-c4cncc(Br)c4)nn23)CC1. The zero-order valence-electron chi connectivity index (χ0n) is 13.3. The molecule has 25 heavy (non-hydrogen) atoms. The van der Waals surface area contributed by atoms with Crippen molar-refractivity contribution >= 4 is 42.3 Å². The summed E-state index contributed by atoms with van der Waals surface area (Å²) in [5.41, 5.74) is 0.919. The third kappa shape index (κ3) is 3.33. The van der Waals surface area contributed by atoms with Gasteiger partial charge in [-0.05, 0) is 34.8 Å². The van der Waals surface area contributed by atoms with Crippen LogP contribution in [0.4, 0.5) is 0 Å². The van der Waals surface area contributed by atoms with Gasteiger partial charge in [0.15, 0.2) is 5.82 Å². The quantitative estimate of drug-likeness (QED) is 0.616. The van der Waals surface area contributed by atoms with Gasteiger partial charge in [-0.2, -0.15) is 9.61 Å². The second-order valence-electron chi connectivity index (χ2n) is 5.99. The molecular formula is C14H15BrN6O2S2. The van der Waals surface area contributed by atoms with Crippen molar-refractivity contribution in [2.24, 2.45) is 0 Å². The lowest BCUT2D eigenvalue weighted by Gasteiger charge is -2.28. The van der Waals surface area contributed by atoms with E-state index in [9.17, 15) is 8.42 Å². The first-order valence-corrected chi connectivity index (χ1v) is 11.2. The number of halogens is 1. The molecule has 0 radical (unpaired) electrons. The molecule has 11 heteroatoms. The Morgan fingerprint density at radius 2 is 2.00 bits per heavy atom. The minimum Gasteiger partial charge on any atom is -0.263 e. The molecular weight excluding hydrogens is 428 g/mol. The Morgan fingerprint density at radius 1 is 1.24 bits per heavy atom. The topological polar surface area (TPSA) is 93.4 Å². The molecule has 1 aliphatic rings. The highest BCUT2D eigenvalue weighted by molar-refractivity contribution is 9.10. The van der Waals surface area contributed by atoms with Crippen LogP contribution in [0, 0.1) is 0 Å². The van der Waals surface area contributed by atoms with E-state index in [0.29, 0.717) is 13.1 Å². The maximum Gasteiger partial charge on any atom is 0.234 e. The molecule has 3 aromatic heterocycles. The van der Waals surface area contributed by atoms with Gasteiger partial charge in [0.1, 0.15) is 5.01 Å². The van der Waals surface area contributed by atoms with Crippen molar-refractivity contribution in [1.29, 1.82) is 0 Å². The Bertz CT molecular complexity index is 1020. The molecule has 3 aromatic rings. The molecule has 0 saturated carbocycles. The number of rotatable bonds is 3. The largest absolute Gasteiger partial charge is 0.263 e. The highest BCUT2D eigenvalue weighted by Crippen LogP contribution is 2.31. The number of piperidine rings is 1. The average molecular weight is 443 g/mol. The van der Waals surface area contributed by atoms with Crippen molar-refractivity contribution in [2.75, 3.05) is 19.3 Å². The first kappa shape index (κ1) is 17.0. The fraction of sp³-hybridized carbons (Fsp3) is 0.429. The van der Waals surface area contributed by atoms with Crippen molar-refractivity contribution in [3.8, 4) is 10.6 Å². The second-order valence-corrected chi connectivity index (χ2v) is 9.84. The smallest absolute Gasteiger partial charge is 0.234 e. The number of aromatic nitrogens is 5. The van der Waals surface area contributed by atoms with Crippen molar-refractivity contribution in [1.82, 2.24) is 29.1 Å². The molecule has 0 atom stereocenters. The summed E-state index contributed by atoms with van der Waals surface area (Å²) in [6.45, 7) is 1.01. The Hall–Kier alpha value is -1.43. The Labute approximate surface area is 157 Å². The molecule has 132 valence electrons. The summed E-state index contributed by atoms with van der Waals surface area (Å²) in [4.78, 5) is 4.90. The van der Waals surface area contributed by atoms with E-state index in [1.54, 1.807) is 16.9 Å². The molecule has 0 unspecified atom stereocenters. The number of fused-ring (bicyclic) bond motifs is 1. The normalized spacial score (nSPS) is 17.4. The van der Waals surface area contributed by atoms with Gasteiger partial charge in [-0.1, -0.05) is 11.3 Å². The summed E-state index contributed by atoms with van der Waals surface area (Å²) in [7, 11) is -3.13. The summed E-state index contributed by atoms with van der Waals surface area (Å²) in [5.74, 6) is 0.956. The molecule has 1 saturated heterocycles. The van der Waals surface area contributed by atoms with Crippen LogP contribution in [0.3, 0.4) is 0 Å². The van der Waals surface area contributed by atoms with Gasteiger partial charge in [0.2, 0.25) is 15.0 Å². The predicted octanol–water partition coefficient (Wildman–Crippen LogP) is 2.15. The first-order chi connectivity index (χ1) is 11.9. The molecule has 4 heterocycles. The standard InChI is InChI=1S/C14H15BrN6O2S2/c1-25(22,23)20-4-2-9(3-5-20)12-17-18-14-21(12)19-13(24-14)10-6-11(15)8-16-7-10/h6-9H,2-5H2,1H3. The number of pyridine rings is 1. The van der Waals surface area contributed by atoms with Gasteiger partial charge in [-0.15, -0.1) is 10.2 Å². The van der Waals surface area contributed by atoms with E-state index < -0.39 is 10.0 Å². The van der Waals surface area contributed by atoms with E-state index >= 15 is 0 Å². The summed E-state index contributed by atoms with van der Waals surface area (Å²) < 4.78 is 27.5. The van der Waals surface area contributed by atoms with Gasteiger partial charge in [-0.3, -0.25) is 4.98 Å². The lowest BCUT2D eigenvalue weighted by Crippen LogP contribution is -2.37. The number of hydrogen-bond donors (Lipinski definition) is 0. The number of hydrogen-bond acceptors (Lipinski definition) is 7. The van der Waals surface area contributed by atoms with Gasteiger partial charge in [-0.25, -0.2) is 12.7 Å². The van der Waals surface area contributed by atoms with Crippen LogP contribution in [0.25, 0.3) is 15.5 Å². The Morgan fingerprint density at radius 3 is 2.68 bits per heavy atom. The van der Waals surface area contributed by atoms with Crippen LogP contribution in [0.1, 0.15) is 24.6 Å². The van der Waals surface area contributed by atoms with Crippen molar-refractivity contribution < 1.29 is 8.42 Å². The monoisotopic (exact) mass is 442 g/mol. The van der Waals surface area contributed by atoms with E-state index in [1.165, 1.54) is 21.9 Å². The highest BCUT2D eigenvalue weighted by Gasteiger charge is 2.29. The molecule has 8 nitrogen and oxygen atoms in total. The summed E-state index contributed by atoms with van der Waals surface area (Å²) >= 11 is 4.88. The van der Waals surface area contributed by atoms with Gasteiger partial charge in [0.05, 0.1) is 6.26 Å². The van der Waals surface area contributed by atoms with Crippen molar-refractivity contribution in [2.45, 2.75) is 18.8 Å². The predicted molar refractivity (Wildman–Crippen MR) is 98.0 cm³/mol. The van der Waals surface area contributed by atoms with Gasteiger partial charge in [0, 0.05) is 41.4 Å². The highest BCUT2D eigenvalue weighted by atomic mass is 79.9. The number of nitrogens with zero attached hydrogens (tertiary/aromatic N) is 6. The van der Waals surface area contributed by atoms with E-state index in [0.717, 1.165) is 38.7 Å².